The van der Waals surface area contributed by atoms with Crippen LogP contribution in [0.5, 0.6) is 0 Å². The molecule has 2 aromatic carbocycles. The summed E-state index contributed by atoms with van der Waals surface area (Å²) < 4.78 is 0. The van der Waals surface area contributed by atoms with Crippen molar-refractivity contribution in [3.8, 4) is 0 Å². The van der Waals surface area contributed by atoms with E-state index < -0.39 is 5.54 Å². The molecule has 0 bridgehead atoms. The van der Waals surface area contributed by atoms with Gasteiger partial charge in [-0.05, 0) is 75.1 Å². The van der Waals surface area contributed by atoms with Crippen molar-refractivity contribution in [2.45, 2.75) is 69.4 Å². The fourth-order valence-corrected chi connectivity index (χ4v) is 7.05. The fraction of sp³-hybridized carbons (Fsp3) is 0.500. The van der Waals surface area contributed by atoms with Crippen molar-refractivity contribution >= 4 is 22.7 Å². The molecule has 1 spiro atoms. The number of aromatic nitrogens is 1. The lowest BCUT2D eigenvalue weighted by atomic mass is 9.80. The van der Waals surface area contributed by atoms with Crippen molar-refractivity contribution in [3.05, 3.63) is 71.9 Å². The number of fused-ring (bicyclic) bond motifs is 2. The zero-order valence-electron chi connectivity index (χ0n) is 22.4. The van der Waals surface area contributed by atoms with E-state index in [1.807, 2.05) is 15.9 Å². The summed E-state index contributed by atoms with van der Waals surface area (Å²) >= 11 is 0. The van der Waals surface area contributed by atoms with Crippen molar-refractivity contribution in [3.63, 3.8) is 0 Å². The Labute approximate surface area is 226 Å². The predicted molar refractivity (Wildman–Crippen MR) is 151 cm³/mol. The third-order valence-corrected chi connectivity index (χ3v) is 9.23. The first-order valence-corrected chi connectivity index (χ1v) is 14.6. The van der Waals surface area contributed by atoms with E-state index in [1.54, 1.807) is 0 Å². The lowest BCUT2D eigenvalue weighted by molar-refractivity contribution is -0.172. The second-order valence-corrected chi connectivity index (χ2v) is 11.4. The highest BCUT2D eigenvalue weighted by Crippen LogP contribution is 2.39. The summed E-state index contributed by atoms with van der Waals surface area (Å²) in [5.74, 6) is 0.386. The van der Waals surface area contributed by atoms with E-state index in [2.05, 4.69) is 64.6 Å². The quantitative estimate of drug-likeness (QED) is 0.420. The molecular weight excluding hydrogens is 472 g/mol. The molecule has 3 fully saturated rings. The van der Waals surface area contributed by atoms with Crippen LogP contribution in [0.15, 0.2) is 60.8 Å². The minimum Gasteiger partial charge on any atom is -0.361 e. The number of aryl methyl sites for hydroxylation is 1. The van der Waals surface area contributed by atoms with Gasteiger partial charge in [0.1, 0.15) is 11.6 Å². The Hall–Kier alpha value is -3.12. The highest BCUT2D eigenvalue weighted by molar-refractivity contribution is 6.00. The molecule has 6 rings (SSSR count). The SMILES string of the molecule is O=C1C2CCCN2C(=O)C2(CCN(CCCCCc3ccccc3)CC2)N1CCc1c[nH]c2ccccc12. The van der Waals surface area contributed by atoms with Crippen LogP contribution in [0.1, 0.15) is 56.1 Å². The van der Waals surface area contributed by atoms with Crippen LogP contribution in [0, 0.1) is 0 Å². The highest BCUT2D eigenvalue weighted by atomic mass is 16.2. The number of hydrogen-bond acceptors (Lipinski definition) is 3. The molecule has 200 valence electrons. The molecule has 0 aliphatic carbocycles. The Balaban J connectivity index is 1.09. The number of likely N-dealkylation sites (tertiary alicyclic amines) is 1. The second kappa shape index (κ2) is 10.9. The van der Waals surface area contributed by atoms with E-state index in [4.69, 9.17) is 0 Å². The number of rotatable bonds is 9. The van der Waals surface area contributed by atoms with Crippen LogP contribution in [0.25, 0.3) is 10.9 Å². The van der Waals surface area contributed by atoms with E-state index in [9.17, 15) is 9.59 Å². The van der Waals surface area contributed by atoms with Gasteiger partial charge in [0, 0.05) is 43.3 Å². The summed E-state index contributed by atoms with van der Waals surface area (Å²) in [7, 11) is 0. The summed E-state index contributed by atoms with van der Waals surface area (Å²) in [4.78, 5) is 37.6. The maximum absolute atomic E-state index is 14.0. The van der Waals surface area contributed by atoms with Crippen molar-refractivity contribution in [1.29, 1.82) is 0 Å². The van der Waals surface area contributed by atoms with Gasteiger partial charge >= 0.3 is 0 Å². The average Bonchev–Trinajstić information content (AvgIpc) is 3.61. The van der Waals surface area contributed by atoms with E-state index in [0.717, 1.165) is 70.2 Å². The molecule has 4 heterocycles. The summed E-state index contributed by atoms with van der Waals surface area (Å²) in [5, 5.41) is 1.21. The molecule has 0 saturated carbocycles. The first-order chi connectivity index (χ1) is 18.7. The lowest BCUT2D eigenvalue weighted by Crippen LogP contribution is -2.72. The third kappa shape index (κ3) is 4.75. The van der Waals surface area contributed by atoms with Crippen LogP contribution < -0.4 is 0 Å². The third-order valence-electron chi connectivity index (χ3n) is 9.23. The minimum absolute atomic E-state index is 0.177. The molecule has 1 N–H and O–H groups in total. The van der Waals surface area contributed by atoms with Crippen LogP contribution in [0.2, 0.25) is 0 Å². The molecule has 6 nitrogen and oxygen atoms in total. The fourth-order valence-electron chi connectivity index (χ4n) is 7.05. The zero-order chi connectivity index (χ0) is 26.0. The molecule has 1 unspecified atom stereocenters. The number of carbonyl (C=O) groups excluding carboxylic acids is 2. The Morgan fingerprint density at radius 1 is 0.842 bits per heavy atom. The zero-order valence-corrected chi connectivity index (χ0v) is 22.4. The lowest BCUT2D eigenvalue weighted by Gasteiger charge is -2.53. The second-order valence-electron chi connectivity index (χ2n) is 11.4. The number of para-hydroxylation sites is 1. The van der Waals surface area contributed by atoms with Gasteiger partial charge < -0.3 is 19.7 Å². The number of benzene rings is 2. The van der Waals surface area contributed by atoms with Crippen molar-refractivity contribution < 1.29 is 9.59 Å². The van der Waals surface area contributed by atoms with Gasteiger partial charge in [-0.15, -0.1) is 0 Å². The molecule has 3 saturated heterocycles. The van der Waals surface area contributed by atoms with Gasteiger partial charge in [-0.3, -0.25) is 9.59 Å². The molecular formula is C32H40N4O2. The Kier molecular flexibility index (Phi) is 7.24. The van der Waals surface area contributed by atoms with Crippen molar-refractivity contribution in [1.82, 2.24) is 19.7 Å². The standard InChI is InChI=1S/C32H40N4O2/c37-30-29-15-9-20-35(29)31(38)32(36(30)21-16-26-24-33-28-14-7-6-13-27(26)28)17-22-34(23-18-32)19-8-2-5-12-25-10-3-1-4-11-25/h1,3-4,6-7,10-11,13-14,24,29,33H,2,5,8-9,12,15-23H2. The number of amides is 2. The van der Waals surface area contributed by atoms with Gasteiger partial charge in [0.25, 0.3) is 0 Å². The molecule has 3 aromatic rings. The molecule has 3 aliphatic heterocycles. The first-order valence-electron chi connectivity index (χ1n) is 14.6. The normalized spacial score (nSPS) is 21.5. The summed E-state index contributed by atoms with van der Waals surface area (Å²) in [5.41, 5.74) is 3.09. The minimum atomic E-state index is -0.673. The highest BCUT2D eigenvalue weighted by Gasteiger charge is 2.57. The van der Waals surface area contributed by atoms with Crippen molar-refractivity contribution in [2.75, 3.05) is 32.7 Å². The van der Waals surface area contributed by atoms with Gasteiger partial charge in [-0.2, -0.15) is 0 Å². The average molecular weight is 513 g/mol. The van der Waals surface area contributed by atoms with Gasteiger partial charge in [-0.25, -0.2) is 0 Å². The van der Waals surface area contributed by atoms with Gasteiger partial charge in [0.05, 0.1) is 0 Å². The van der Waals surface area contributed by atoms with Crippen LogP contribution in [0.4, 0.5) is 0 Å². The summed E-state index contributed by atoms with van der Waals surface area (Å²) in [6.07, 6.45) is 10.8. The van der Waals surface area contributed by atoms with E-state index >= 15 is 0 Å². The van der Waals surface area contributed by atoms with E-state index in [0.29, 0.717) is 6.54 Å². The molecule has 1 aromatic heterocycles. The summed E-state index contributed by atoms with van der Waals surface area (Å²) in [6.45, 7) is 4.20. The first kappa shape index (κ1) is 25.2. The van der Waals surface area contributed by atoms with Crippen LogP contribution in [0.3, 0.4) is 0 Å². The van der Waals surface area contributed by atoms with E-state index in [-0.39, 0.29) is 17.9 Å². The van der Waals surface area contributed by atoms with Gasteiger partial charge in [0.15, 0.2) is 0 Å². The van der Waals surface area contributed by atoms with Gasteiger partial charge in [0.2, 0.25) is 11.8 Å². The number of carbonyl (C=O) groups is 2. The van der Waals surface area contributed by atoms with Crippen LogP contribution >= 0.6 is 0 Å². The maximum Gasteiger partial charge on any atom is 0.249 e. The number of piperazine rings is 1. The number of nitrogens with zero attached hydrogens (tertiary/aromatic N) is 3. The Morgan fingerprint density at radius 3 is 2.47 bits per heavy atom. The number of unbranched alkanes of at least 4 members (excludes halogenated alkanes) is 2. The molecule has 38 heavy (non-hydrogen) atoms. The number of nitrogens with one attached hydrogen (secondary N) is 1. The molecule has 3 aliphatic rings. The van der Waals surface area contributed by atoms with Crippen molar-refractivity contribution in [2.24, 2.45) is 0 Å². The van der Waals surface area contributed by atoms with E-state index in [1.165, 1.54) is 35.8 Å². The van der Waals surface area contributed by atoms with Gasteiger partial charge in [-0.1, -0.05) is 55.0 Å². The molecule has 0 radical (unpaired) electrons. The number of aromatic amines is 1. The molecule has 2 amide bonds. The largest absolute Gasteiger partial charge is 0.361 e. The predicted octanol–water partition coefficient (Wildman–Crippen LogP) is 4.79. The Morgan fingerprint density at radius 2 is 1.63 bits per heavy atom. The molecule has 1 atom stereocenters. The monoisotopic (exact) mass is 512 g/mol. The number of piperidine rings is 1. The smallest absolute Gasteiger partial charge is 0.249 e. The van der Waals surface area contributed by atoms with Crippen LogP contribution in [-0.2, 0) is 22.4 Å². The summed E-state index contributed by atoms with van der Waals surface area (Å²) in [6, 6.07) is 18.8. The van der Waals surface area contributed by atoms with Crippen LogP contribution in [-0.4, -0.2) is 75.8 Å². The molecule has 6 heteroatoms. The number of hydrogen-bond donors (Lipinski definition) is 1. The maximum atomic E-state index is 14.0. The topological polar surface area (TPSA) is 59.7 Å². The Bertz CT molecular complexity index is 1260. The number of H-pyrrole nitrogens is 1.